The van der Waals surface area contributed by atoms with Gasteiger partial charge >= 0.3 is 12.1 Å². The lowest BCUT2D eigenvalue weighted by Gasteiger charge is -2.15. The average Bonchev–Trinajstić information content (AvgIpc) is 2.50. The third-order valence-electron chi connectivity index (χ3n) is 3.13. The van der Waals surface area contributed by atoms with Gasteiger partial charge in [0.1, 0.15) is 6.61 Å². The molecule has 0 heterocycles. The molecular formula is C16H24N2O4. The second-order valence-electron chi connectivity index (χ2n) is 5.14. The largest absolute Gasteiger partial charge is 0.481 e. The third kappa shape index (κ3) is 8.97. The lowest BCUT2D eigenvalue weighted by molar-refractivity contribution is -0.137. The van der Waals surface area contributed by atoms with E-state index >= 15 is 0 Å². The monoisotopic (exact) mass is 308 g/mol. The molecule has 0 radical (unpaired) electrons. The van der Waals surface area contributed by atoms with Crippen molar-refractivity contribution in [2.75, 3.05) is 26.7 Å². The van der Waals surface area contributed by atoms with Crippen LogP contribution in [0.5, 0.6) is 0 Å². The topological polar surface area (TPSA) is 78.9 Å². The quantitative estimate of drug-likeness (QED) is 0.647. The van der Waals surface area contributed by atoms with Crippen LogP contribution < -0.4 is 5.32 Å². The smallest absolute Gasteiger partial charge is 0.407 e. The zero-order chi connectivity index (χ0) is 16.2. The Bertz CT molecular complexity index is 451. The molecule has 0 spiro atoms. The number of amides is 1. The maximum Gasteiger partial charge on any atom is 0.407 e. The number of carbonyl (C=O) groups excluding carboxylic acids is 1. The van der Waals surface area contributed by atoms with E-state index in [1.165, 1.54) is 0 Å². The summed E-state index contributed by atoms with van der Waals surface area (Å²) in [6.45, 7) is 2.35. The van der Waals surface area contributed by atoms with Crippen LogP contribution in [0.4, 0.5) is 4.79 Å². The molecule has 1 aromatic rings. The number of nitrogens with zero attached hydrogens (tertiary/aromatic N) is 1. The lowest BCUT2D eigenvalue weighted by atomic mass is 10.2. The minimum absolute atomic E-state index is 0.189. The van der Waals surface area contributed by atoms with Crippen molar-refractivity contribution in [2.45, 2.75) is 25.9 Å². The number of ether oxygens (including phenoxy) is 1. The first-order chi connectivity index (χ1) is 10.6. The normalized spacial score (nSPS) is 10.5. The lowest BCUT2D eigenvalue weighted by Crippen LogP contribution is -2.29. The highest BCUT2D eigenvalue weighted by molar-refractivity contribution is 5.67. The molecule has 0 aliphatic rings. The van der Waals surface area contributed by atoms with E-state index in [4.69, 9.17) is 9.84 Å². The molecule has 6 nitrogen and oxygen atoms in total. The average molecular weight is 308 g/mol. The summed E-state index contributed by atoms with van der Waals surface area (Å²) in [6.07, 6.45) is 1.20. The Kier molecular flexibility index (Phi) is 8.67. The van der Waals surface area contributed by atoms with E-state index < -0.39 is 12.1 Å². The predicted octanol–water partition coefficient (Wildman–Crippen LogP) is 2.10. The van der Waals surface area contributed by atoms with Crippen LogP contribution in [0, 0.1) is 0 Å². The fraction of sp³-hybridized carbons (Fsp3) is 0.500. The third-order valence-corrected chi connectivity index (χ3v) is 3.13. The molecule has 0 atom stereocenters. The van der Waals surface area contributed by atoms with Crippen LogP contribution in [0.25, 0.3) is 0 Å². The van der Waals surface area contributed by atoms with Gasteiger partial charge < -0.3 is 20.1 Å². The van der Waals surface area contributed by atoms with Crippen molar-refractivity contribution < 1.29 is 19.4 Å². The highest BCUT2D eigenvalue weighted by atomic mass is 16.5. The van der Waals surface area contributed by atoms with Crippen molar-refractivity contribution in [3.8, 4) is 0 Å². The minimum atomic E-state index is -0.767. The number of aliphatic carboxylic acids is 1. The Labute approximate surface area is 131 Å². The summed E-state index contributed by atoms with van der Waals surface area (Å²) in [7, 11) is 1.94. The van der Waals surface area contributed by atoms with Gasteiger partial charge in [0.2, 0.25) is 0 Å². The maximum absolute atomic E-state index is 11.5. The zero-order valence-corrected chi connectivity index (χ0v) is 13.0. The molecule has 0 aromatic heterocycles. The summed E-state index contributed by atoms with van der Waals surface area (Å²) in [4.78, 5) is 24.0. The highest BCUT2D eigenvalue weighted by Gasteiger charge is 2.04. The van der Waals surface area contributed by atoms with Gasteiger partial charge in [-0.3, -0.25) is 4.79 Å². The zero-order valence-electron chi connectivity index (χ0n) is 13.0. The van der Waals surface area contributed by atoms with Crippen LogP contribution >= 0.6 is 0 Å². The molecule has 0 aliphatic heterocycles. The molecule has 0 unspecified atom stereocenters. The SMILES string of the molecule is CN(CCCNC(=O)OCc1ccccc1)CCCC(=O)O. The Morgan fingerprint density at radius 2 is 1.86 bits per heavy atom. The Balaban J connectivity index is 2.01. The van der Waals surface area contributed by atoms with Crippen molar-refractivity contribution in [1.82, 2.24) is 10.2 Å². The number of carboxylic acids is 1. The molecule has 0 bridgehead atoms. The molecule has 0 fully saturated rings. The van der Waals surface area contributed by atoms with Crippen molar-refractivity contribution in [1.29, 1.82) is 0 Å². The number of alkyl carbamates (subject to hydrolysis) is 1. The molecule has 6 heteroatoms. The van der Waals surface area contributed by atoms with Crippen LogP contribution in [-0.4, -0.2) is 48.8 Å². The Morgan fingerprint density at radius 1 is 1.18 bits per heavy atom. The molecule has 1 rings (SSSR count). The van der Waals surface area contributed by atoms with Crippen LogP contribution in [0.2, 0.25) is 0 Å². The summed E-state index contributed by atoms with van der Waals surface area (Å²) in [6, 6.07) is 9.52. The van der Waals surface area contributed by atoms with Crippen LogP contribution in [-0.2, 0) is 16.1 Å². The van der Waals surface area contributed by atoms with Gasteiger partial charge in [-0.05, 0) is 38.5 Å². The van der Waals surface area contributed by atoms with Gasteiger partial charge in [0.25, 0.3) is 0 Å². The Morgan fingerprint density at radius 3 is 2.55 bits per heavy atom. The van der Waals surface area contributed by atoms with E-state index in [0.29, 0.717) is 13.0 Å². The maximum atomic E-state index is 11.5. The number of benzene rings is 1. The molecule has 22 heavy (non-hydrogen) atoms. The molecule has 0 aliphatic carbocycles. The van der Waals surface area contributed by atoms with Gasteiger partial charge in [0, 0.05) is 13.0 Å². The first kappa shape index (κ1) is 18.0. The number of rotatable bonds is 10. The van der Waals surface area contributed by atoms with E-state index in [-0.39, 0.29) is 13.0 Å². The standard InChI is InChI=1S/C16H24N2O4/c1-18(11-5-9-15(19)20)12-6-10-17-16(21)22-13-14-7-3-2-4-8-14/h2-4,7-8H,5-6,9-13H2,1H3,(H,17,21)(H,19,20). The van der Waals surface area contributed by atoms with Gasteiger partial charge in [-0.2, -0.15) is 0 Å². The number of hydrogen-bond donors (Lipinski definition) is 2. The fourth-order valence-electron chi connectivity index (χ4n) is 1.93. The molecule has 122 valence electrons. The van der Waals surface area contributed by atoms with E-state index in [2.05, 4.69) is 10.2 Å². The fourth-order valence-corrected chi connectivity index (χ4v) is 1.93. The van der Waals surface area contributed by atoms with Gasteiger partial charge in [0.15, 0.2) is 0 Å². The van der Waals surface area contributed by atoms with Gasteiger partial charge in [0.05, 0.1) is 0 Å². The van der Waals surface area contributed by atoms with Crippen molar-refractivity contribution >= 4 is 12.1 Å². The summed E-state index contributed by atoms with van der Waals surface area (Å²) >= 11 is 0. The first-order valence-electron chi connectivity index (χ1n) is 7.43. The van der Waals surface area contributed by atoms with Crippen molar-refractivity contribution in [2.24, 2.45) is 0 Å². The van der Waals surface area contributed by atoms with Crippen LogP contribution in [0.1, 0.15) is 24.8 Å². The van der Waals surface area contributed by atoms with Crippen LogP contribution in [0.15, 0.2) is 30.3 Å². The van der Waals surface area contributed by atoms with Gasteiger partial charge in [-0.25, -0.2) is 4.79 Å². The van der Waals surface area contributed by atoms with Crippen molar-refractivity contribution in [3.05, 3.63) is 35.9 Å². The first-order valence-corrected chi connectivity index (χ1v) is 7.43. The minimum Gasteiger partial charge on any atom is -0.481 e. The summed E-state index contributed by atoms with van der Waals surface area (Å²) < 4.78 is 5.10. The number of carboxylic acid groups (broad SMARTS) is 1. The molecular weight excluding hydrogens is 284 g/mol. The van der Waals surface area contributed by atoms with Gasteiger partial charge in [-0.1, -0.05) is 30.3 Å². The summed E-state index contributed by atoms with van der Waals surface area (Å²) in [5.74, 6) is -0.767. The van der Waals surface area contributed by atoms with Gasteiger partial charge in [-0.15, -0.1) is 0 Å². The molecule has 0 saturated heterocycles. The van der Waals surface area contributed by atoms with Crippen LogP contribution in [0.3, 0.4) is 0 Å². The van der Waals surface area contributed by atoms with E-state index in [1.54, 1.807) is 0 Å². The number of nitrogens with one attached hydrogen (secondary N) is 1. The number of carbonyl (C=O) groups is 2. The van der Waals surface area contributed by atoms with Crippen molar-refractivity contribution in [3.63, 3.8) is 0 Å². The Hall–Kier alpha value is -2.08. The highest BCUT2D eigenvalue weighted by Crippen LogP contribution is 2.00. The second kappa shape index (κ2) is 10.6. The molecule has 1 aromatic carbocycles. The number of hydrogen-bond acceptors (Lipinski definition) is 4. The predicted molar refractivity (Wildman–Crippen MR) is 83.6 cm³/mol. The van der Waals surface area contributed by atoms with E-state index in [9.17, 15) is 9.59 Å². The summed E-state index contributed by atoms with van der Waals surface area (Å²) in [5, 5.41) is 11.3. The molecule has 1 amide bonds. The molecule has 2 N–H and O–H groups in total. The van der Waals surface area contributed by atoms with E-state index in [0.717, 1.165) is 25.1 Å². The second-order valence-corrected chi connectivity index (χ2v) is 5.14. The molecule has 0 saturated carbocycles. The summed E-state index contributed by atoms with van der Waals surface area (Å²) in [5.41, 5.74) is 0.954. The van der Waals surface area contributed by atoms with E-state index in [1.807, 2.05) is 37.4 Å².